The second-order valence-corrected chi connectivity index (χ2v) is 8.04. The van der Waals surface area contributed by atoms with Gasteiger partial charge in [0.1, 0.15) is 5.75 Å². The number of nitrogens with zero attached hydrogens (tertiary/aromatic N) is 1. The van der Waals surface area contributed by atoms with Gasteiger partial charge in [0, 0.05) is 19.8 Å². The van der Waals surface area contributed by atoms with Crippen LogP contribution in [0.25, 0.3) is 0 Å². The van der Waals surface area contributed by atoms with Crippen molar-refractivity contribution in [2.75, 3.05) is 26.0 Å². The molecule has 0 saturated heterocycles. The standard InChI is InChI=1S/C18H22N2O4S/c1-13-6-5-7-16(10-13)24-12-18(21)19-15-9-8-14(2)17(11-15)25(22,23)20(3)4/h5-11H,12H2,1-4H3,(H,19,21). The van der Waals surface area contributed by atoms with Crippen LogP contribution in [0.2, 0.25) is 0 Å². The third-order valence-corrected chi connectivity index (χ3v) is 5.55. The molecule has 6 nitrogen and oxygen atoms in total. The largest absolute Gasteiger partial charge is 0.484 e. The minimum atomic E-state index is -3.58. The molecule has 0 heterocycles. The summed E-state index contributed by atoms with van der Waals surface area (Å²) in [6, 6.07) is 12.2. The van der Waals surface area contributed by atoms with Gasteiger partial charge in [0.25, 0.3) is 5.91 Å². The number of carbonyl (C=O) groups is 1. The van der Waals surface area contributed by atoms with Crippen LogP contribution in [0.3, 0.4) is 0 Å². The van der Waals surface area contributed by atoms with Crippen molar-refractivity contribution in [3.8, 4) is 5.75 Å². The van der Waals surface area contributed by atoms with Crippen LogP contribution < -0.4 is 10.1 Å². The van der Waals surface area contributed by atoms with E-state index in [9.17, 15) is 13.2 Å². The molecule has 0 aromatic heterocycles. The number of carbonyl (C=O) groups excluding carboxylic acids is 1. The van der Waals surface area contributed by atoms with Gasteiger partial charge in [0.2, 0.25) is 10.0 Å². The zero-order chi connectivity index (χ0) is 18.6. The summed E-state index contributed by atoms with van der Waals surface area (Å²) in [7, 11) is -0.639. The molecule has 2 aromatic rings. The number of sulfonamides is 1. The van der Waals surface area contributed by atoms with Crippen LogP contribution in [0, 0.1) is 13.8 Å². The Morgan fingerprint density at radius 3 is 2.48 bits per heavy atom. The van der Waals surface area contributed by atoms with Crippen molar-refractivity contribution in [3.05, 3.63) is 53.6 Å². The van der Waals surface area contributed by atoms with E-state index < -0.39 is 10.0 Å². The summed E-state index contributed by atoms with van der Waals surface area (Å²) < 4.78 is 31.2. The molecule has 134 valence electrons. The van der Waals surface area contributed by atoms with Crippen LogP contribution in [0.4, 0.5) is 5.69 Å². The number of benzene rings is 2. The van der Waals surface area contributed by atoms with Crippen LogP contribution in [0.1, 0.15) is 11.1 Å². The highest BCUT2D eigenvalue weighted by molar-refractivity contribution is 7.89. The van der Waals surface area contributed by atoms with E-state index in [1.807, 2.05) is 25.1 Å². The summed E-state index contributed by atoms with van der Waals surface area (Å²) in [5, 5.41) is 2.66. The predicted octanol–water partition coefficient (Wildman–Crippen LogP) is 2.57. The maximum absolute atomic E-state index is 12.3. The molecule has 7 heteroatoms. The van der Waals surface area contributed by atoms with Crippen LogP contribution in [0.5, 0.6) is 5.75 Å². The van der Waals surface area contributed by atoms with Gasteiger partial charge in [-0.05, 0) is 49.2 Å². The smallest absolute Gasteiger partial charge is 0.262 e. The number of amides is 1. The lowest BCUT2D eigenvalue weighted by Gasteiger charge is -2.15. The van der Waals surface area contributed by atoms with E-state index in [4.69, 9.17) is 4.74 Å². The third-order valence-electron chi connectivity index (χ3n) is 3.59. The van der Waals surface area contributed by atoms with E-state index in [-0.39, 0.29) is 17.4 Å². The Morgan fingerprint density at radius 1 is 1.12 bits per heavy atom. The normalized spacial score (nSPS) is 11.4. The SMILES string of the molecule is Cc1cccc(OCC(=O)Nc2ccc(C)c(S(=O)(=O)N(C)C)c2)c1. The van der Waals surface area contributed by atoms with Crippen LogP contribution >= 0.6 is 0 Å². The maximum atomic E-state index is 12.3. The molecule has 0 spiro atoms. The predicted molar refractivity (Wildman–Crippen MR) is 97.4 cm³/mol. The molecule has 0 unspecified atom stereocenters. The summed E-state index contributed by atoms with van der Waals surface area (Å²) in [6.45, 7) is 3.49. The highest BCUT2D eigenvalue weighted by Crippen LogP contribution is 2.22. The second-order valence-electron chi connectivity index (χ2n) is 5.92. The average molecular weight is 362 g/mol. The number of aryl methyl sites for hydroxylation is 2. The number of rotatable bonds is 6. The molecule has 0 aliphatic rings. The van der Waals surface area contributed by atoms with Gasteiger partial charge in [-0.3, -0.25) is 4.79 Å². The van der Waals surface area contributed by atoms with E-state index in [2.05, 4.69) is 5.32 Å². The van der Waals surface area contributed by atoms with Gasteiger partial charge in [0.05, 0.1) is 4.90 Å². The lowest BCUT2D eigenvalue weighted by atomic mass is 10.2. The Hall–Kier alpha value is -2.38. The Kier molecular flexibility index (Phi) is 5.81. The maximum Gasteiger partial charge on any atom is 0.262 e. The van der Waals surface area contributed by atoms with Crippen molar-refractivity contribution in [1.82, 2.24) is 4.31 Å². The van der Waals surface area contributed by atoms with E-state index in [1.165, 1.54) is 20.2 Å². The number of hydrogen-bond acceptors (Lipinski definition) is 4. The first-order chi connectivity index (χ1) is 11.7. The number of anilines is 1. The number of ether oxygens (including phenoxy) is 1. The van der Waals surface area contributed by atoms with Crippen molar-refractivity contribution in [2.45, 2.75) is 18.7 Å². The molecule has 2 rings (SSSR count). The molecule has 1 amide bonds. The molecule has 0 aliphatic heterocycles. The third kappa shape index (κ3) is 4.80. The van der Waals surface area contributed by atoms with Gasteiger partial charge >= 0.3 is 0 Å². The molecule has 25 heavy (non-hydrogen) atoms. The summed E-state index contributed by atoms with van der Waals surface area (Å²) >= 11 is 0. The van der Waals surface area contributed by atoms with Gasteiger partial charge in [-0.15, -0.1) is 0 Å². The van der Waals surface area contributed by atoms with Crippen molar-refractivity contribution < 1.29 is 17.9 Å². The quantitative estimate of drug-likeness (QED) is 0.857. The summed E-state index contributed by atoms with van der Waals surface area (Å²) in [5.74, 6) is 0.244. The fourth-order valence-corrected chi connectivity index (χ4v) is 3.35. The van der Waals surface area contributed by atoms with Crippen molar-refractivity contribution in [1.29, 1.82) is 0 Å². The summed E-state index contributed by atoms with van der Waals surface area (Å²) in [4.78, 5) is 12.2. The Morgan fingerprint density at radius 2 is 1.84 bits per heavy atom. The molecule has 0 fully saturated rings. The fraction of sp³-hybridized carbons (Fsp3) is 0.278. The molecule has 0 atom stereocenters. The first-order valence-electron chi connectivity index (χ1n) is 7.72. The molecular formula is C18H22N2O4S. The van der Waals surface area contributed by atoms with Gasteiger partial charge in [-0.2, -0.15) is 0 Å². The molecule has 2 aromatic carbocycles. The van der Waals surface area contributed by atoms with Gasteiger partial charge in [-0.25, -0.2) is 12.7 Å². The second kappa shape index (κ2) is 7.67. The average Bonchev–Trinajstić information content (AvgIpc) is 2.54. The minimum absolute atomic E-state index is 0.160. The topological polar surface area (TPSA) is 75.7 Å². The van der Waals surface area contributed by atoms with Crippen LogP contribution in [0.15, 0.2) is 47.4 Å². The lowest BCUT2D eigenvalue weighted by molar-refractivity contribution is -0.118. The number of nitrogens with one attached hydrogen (secondary N) is 1. The molecule has 0 radical (unpaired) electrons. The fourth-order valence-electron chi connectivity index (χ4n) is 2.20. The number of hydrogen-bond donors (Lipinski definition) is 1. The van der Waals surface area contributed by atoms with Crippen molar-refractivity contribution in [2.24, 2.45) is 0 Å². The first kappa shape index (κ1) is 19.0. The van der Waals surface area contributed by atoms with E-state index in [0.29, 0.717) is 17.0 Å². The van der Waals surface area contributed by atoms with Gasteiger partial charge in [0.15, 0.2) is 6.61 Å². The van der Waals surface area contributed by atoms with Crippen molar-refractivity contribution >= 4 is 21.6 Å². The van der Waals surface area contributed by atoms with E-state index in [0.717, 1.165) is 9.87 Å². The molecular weight excluding hydrogens is 340 g/mol. The Balaban J connectivity index is 2.09. The van der Waals surface area contributed by atoms with E-state index in [1.54, 1.807) is 25.1 Å². The van der Waals surface area contributed by atoms with E-state index >= 15 is 0 Å². The van der Waals surface area contributed by atoms with Crippen molar-refractivity contribution in [3.63, 3.8) is 0 Å². The zero-order valence-electron chi connectivity index (χ0n) is 14.7. The minimum Gasteiger partial charge on any atom is -0.484 e. The molecule has 1 N–H and O–H groups in total. The summed E-state index contributed by atoms with van der Waals surface area (Å²) in [6.07, 6.45) is 0. The summed E-state index contributed by atoms with van der Waals surface area (Å²) in [5.41, 5.74) is 2.06. The first-order valence-corrected chi connectivity index (χ1v) is 9.16. The molecule has 0 saturated carbocycles. The van der Waals surface area contributed by atoms with Gasteiger partial charge < -0.3 is 10.1 Å². The zero-order valence-corrected chi connectivity index (χ0v) is 15.6. The lowest BCUT2D eigenvalue weighted by Crippen LogP contribution is -2.24. The van der Waals surface area contributed by atoms with Gasteiger partial charge in [-0.1, -0.05) is 18.2 Å². The highest BCUT2D eigenvalue weighted by atomic mass is 32.2. The Bertz CT molecular complexity index is 876. The monoisotopic (exact) mass is 362 g/mol. The van der Waals surface area contributed by atoms with Crippen LogP contribution in [-0.2, 0) is 14.8 Å². The molecule has 0 bridgehead atoms. The van der Waals surface area contributed by atoms with Crippen LogP contribution in [-0.4, -0.2) is 39.3 Å². The Labute approximate surface area is 148 Å². The molecule has 0 aliphatic carbocycles. The highest BCUT2D eigenvalue weighted by Gasteiger charge is 2.20.